The normalized spacial score (nSPS) is 11.8. The number of rotatable bonds is 4. The van der Waals surface area contributed by atoms with Crippen LogP contribution >= 0.6 is 0 Å². The zero-order valence-electron chi connectivity index (χ0n) is 14.6. The van der Waals surface area contributed by atoms with Crippen molar-refractivity contribution in [2.75, 3.05) is 23.9 Å². The van der Waals surface area contributed by atoms with Gasteiger partial charge in [0.25, 0.3) is 0 Å². The number of hydrogen-bond donors (Lipinski definition) is 1. The Bertz CT molecular complexity index is 1060. The molecule has 8 nitrogen and oxygen atoms in total. The molecule has 0 unspecified atom stereocenters. The summed E-state index contributed by atoms with van der Waals surface area (Å²) < 4.78 is 25.3. The van der Waals surface area contributed by atoms with Crippen LogP contribution in [-0.4, -0.2) is 41.2 Å². The number of aryl methyl sites for hydroxylation is 2. The predicted molar refractivity (Wildman–Crippen MR) is 97.7 cm³/mol. The predicted octanol–water partition coefficient (Wildman–Crippen LogP) is 1.68. The molecule has 0 atom stereocenters. The number of aromatic nitrogens is 4. The van der Waals surface area contributed by atoms with E-state index >= 15 is 0 Å². The van der Waals surface area contributed by atoms with Crippen molar-refractivity contribution in [3.05, 3.63) is 30.2 Å². The quantitative estimate of drug-likeness (QED) is 0.754. The number of pyridine rings is 2. The summed E-state index contributed by atoms with van der Waals surface area (Å²) in [5, 5.41) is 0.0658. The molecule has 0 bridgehead atoms. The molecule has 132 valence electrons. The van der Waals surface area contributed by atoms with Crippen LogP contribution in [0.2, 0.25) is 0 Å². The van der Waals surface area contributed by atoms with Crippen LogP contribution in [0.4, 0.5) is 17.3 Å². The summed E-state index contributed by atoms with van der Waals surface area (Å²) >= 11 is 0. The Labute approximate surface area is 146 Å². The van der Waals surface area contributed by atoms with Gasteiger partial charge in [-0.1, -0.05) is 6.92 Å². The summed E-state index contributed by atoms with van der Waals surface area (Å²) in [5.41, 5.74) is 9.20. The molecule has 9 heteroatoms. The molecular weight excluding hydrogens is 340 g/mol. The molecule has 0 amide bonds. The van der Waals surface area contributed by atoms with Crippen molar-refractivity contribution in [1.82, 2.24) is 19.5 Å². The van der Waals surface area contributed by atoms with Crippen LogP contribution in [0.15, 0.2) is 29.7 Å². The van der Waals surface area contributed by atoms with Crippen molar-refractivity contribution in [2.24, 2.45) is 7.05 Å². The molecule has 0 saturated heterocycles. The van der Waals surface area contributed by atoms with Gasteiger partial charge in [0.05, 0.1) is 23.7 Å². The fourth-order valence-corrected chi connectivity index (χ4v) is 3.29. The SMILES string of the molecule is CCc1cc(S(C)(=O)=O)ncc1N(C)c1cc2c(ncn2C)c(N)n1. The summed E-state index contributed by atoms with van der Waals surface area (Å²) in [6.07, 6.45) is 5.05. The fourth-order valence-electron chi connectivity index (χ4n) is 2.69. The lowest BCUT2D eigenvalue weighted by Gasteiger charge is -2.21. The average Bonchev–Trinajstić information content (AvgIpc) is 2.94. The Balaban J connectivity index is 2.12. The monoisotopic (exact) mass is 360 g/mol. The van der Waals surface area contributed by atoms with Gasteiger partial charge in [-0.3, -0.25) is 0 Å². The second-order valence-corrected chi connectivity index (χ2v) is 7.89. The maximum atomic E-state index is 11.7. The average molecular weight is 360 g/mol. The number of nitrogens with zero attached hydrogens (tertiary/aromatic N) is 5. The first-order chi connectivity index (χ1) is 11.7. The fraction of sp³-hybridized carbons (Fsp3) is 0.312. The first kappa shape index (κ1) is 17.2. The molecule has 3 aromatic heterocycles. The number of imidazole rings is 1. The molecule has 0 aromatic carbocycles. The van der Waals surface area contributed by atoms with E-state index in [1.807, 2.05) is 36.6 Å². The molecule has 0 saturated carbocycles. The first-order valence-electron chi connectivity index (χ1n) is 7.72. The molecule has 25 heavy (non-hydrogen) atoms. The van der Waals surface area contributed by atoms with Crippen molar-refractivity contribution < 1.29 is 8.42 Å². The van der Waals surface area contributed by atoms with E-state index in [4.69, 9.17) is 5.73 Å². The Morgan fingerprint density at radius 3 is 2.64 bits per heavy atom. The van der Waals surface area contributed by atoms with Gasteiger partial charge < -0.3 is 15.2 Å². The highest BCUT2D eigenvalue weighted by Crippen LogP contribution is 2.30. The summed E-state index contributed by atoms with van der Waals surface area (Å²) in [7, 11) is 0.382. The number of sulfone groups is 1. The van der Waals surface area contributed by atoms with Crippen molar-refractivity contribution in [2.45, 2.75) is 18.4 Å². The minimum atomic E-state index is -3.35. The van der Waals surface area contributed by atoms with E-state index in [-0.39, 0.29) is 5.03 Å². The third-order valence-corrected chi connectivity index (χ3v) is 5.12. The molecule has 3 rings (SSSR count). The lowest BCUT2D eigenvalue weighted by atomic mass is 10.1. The van der Waals surface area contributed by atoms with Gasteiger partial charge in [-0.15, -0.1) is 0 Å². The lowest BCUT2D eigenvalue weighted by molar-refractivity contribution is 0.598. The maximum Gasteiger partial charge on any atom is 0.192 e. The van der Waals surface area contributed by atoms with E-state index in [1.54, 1.807) is 18.6 Å². The van der Waals surface area contributed by atoms with E-state index in [9.17, 15) is 8.42 Å². The van der Waals surface area contributed by atoms with Crippen LogP contribution in [0.1, 0.15) is 12.5 Å². The number of fused-ring (bicyclic) bond motifs is 1. The van der Waals surface area contributed by atoms with Crippen LogP contribution in [-0.2, 0) is 23.3 Å². The first-order valence-corrected chi connectivity index (χ1v) is 9.61. The maximum absolute atomic E-state index is 11.7. The highest BCUT2D eigenvalue weighted by molar-refractivity contribution is 7.90. The molecule has 0 aliphatic carbocycles. The molecule has 2 N–H and O–H groups in total. The second-order valence-electron chi connectivity index (χ2n) is 5.92. The van der Waals surface area contributed by atoms with E-state index in [1.165, 1.54) is 0 Å². The summed E-state index contributed by atoms with van der Waals surface area (Å²) in [6, 6.07) is 3.50. The lowest BCUT2D eigenvalue weighted by Crippen LogP contribution is -2.15. The zero-order chi connectivity index (χ0) is 18.4. The van der Waals surface area contributed by atoms with Gasteiger partial charge in [0.2, 0.25) is 0 Å². The molecule has 0 fully saturated rings. The second kappa shape index (κ2) is 5.99. The minimum Gasteiger partial charge on any atom is -0.382 e. The van der Waals surface area contributed by atoms with Crippen molar-refractivity contribution >= 4 is 38.2 Å². The molecule has 0 spiro atoms. The number of nitrogen functional groups attached to an aromatic ring is 1. The van der Waals surface area contributed by atoms with Gasteiger partial charge in [-0.05, 0) is 18.1 Å². The number of nitrogens with two attached hydrogens (primary N) is 1. The van der Waals surface area contributed by atoms with Gasteiger partial charge in [-0.2, -0.15) is 0 Å². The third kappa shape index (κ3) is 3.02. The van der Waals surface area contributed by atoms with Gasteiger partial charge >= 0.3 is 0 Å². The zero-order valence-corrected chi connectivity index (χ0v) is 15.4. The largest absolute Gasteiger partial charge is 0.382 e. The van der Waals surface area contributed by atoms with Crippen LogP contribution in [0.25, 0.3) is 11.0 Å². The van der Waals surface area contributed by atoms with Gasteiger partial charge in [-0.25, -0.2) is 23.4 Å². The number of anilines is 3. The molecule has 3 aromatic rings. The van der Waals surface area contributed by atoms with Gasteiger partial charge in [0.1, 0.15) is 11.3 Å². The topological polar surface area (TPSA) is 107 Å². The van der Waals surface area contributed by atoms with Crippen molar-refractivity contribution in [3.63, 3.8) is 0 Å². The van der Waals surface area contributed by atoms with Crippen LogP contribution in [0.5, 0.6) is 0 Å². The molecule has 3 heterocycles. The highest BCUT2D eigenvalue weighted by atomic mass is 32.2. The van der Waals surface area contributed by atoms with Gasteiger partial charge in [0, 0.05) is 26.4 Å². The Morgan fingerprint density at radius 1 is 1.28 bits per heavy atom. The van der Waals surface area contributed by atoms with Crippen LogP contribution in [0.3, 0.4) is 0 Å². The summed E-state index contributed by atoms with van der Waals surface area (Å²) in [4.78, 5) is 14.6. The number of hydrogen-bond acceptors (Lipinski definition) is 7. The summed E-state index contributed by atoms with van der Waals surface area (Å²) in [6.45, 7) is 1.96. The van der Waals surface area contributed by atoms with Gasteiger partial charge in [0.15, 0.2) is 20.7 Å². The van der Waals surface area contributed by atoms with E-state index < -0.39 is 9.84 Å². The third-order valence-electron chi connectivity index (χ3n) is 4.13. The Hall–Kier alpha value is -2.68. The van der Waals surface area contributed by atoms with E-state index in [0.717, 1.165) is 23.0 Å². The van der Waals surface area contributed by atoms with Crippen molar-refractivity contribution in [3.8, 4) is 0 Å². The molecule has 0 radical (unpaired) electrons. The standard InChI is InChI=1S/C16H20N6O2S/c1-5-10-6-14(25(4,23)24)18-8-12(10)22(3)13-7-11-15(16(17)20-13)19-9-21(11)2/h6-9H,5H2,1-4H3,(H2,17,20). The Kier molecular flexibility index (Phi) is 4.11. The van der Waals surface area contributed by atoms with Crippen LogP contribution in [0, 0.1) is 0 Å². The van der Waals surface area contributed by atoms with E-state index in [0.29, 0.717) is 23.6 Å². The molecule has 0 aliphatic heterocycles. The molecule has 0 aliphatic rings. The highest BCUT2D eigenvalue weighted by Gasteiger charge is 2.17. The van der Waals surface area contributed by atoms with Crippen LogP contribution < -0.4 is 10.6 Å². The smallest absolute Gasteiger partial charge is 0.192 e. The Morgan fingerprint density at radius 2 is 2.00 bits per heavy atom. The molecular formula is C16H20N6O2S. The van der Waals surface area contributed by atoms with Crippen molar-refractivity contribution in [1.29, 1.82) is 0 Å². The summed E-state index contributed by atoms with van der Waals surface area (Å²) in [5.74, 6) is 0.982. The minimum absolute atomic E-state index is 0.0658. The van der Waals surface area contributed by atoms with E-state index in [2.05, 4.69) is 15.0 Å².